The van der Waals surface area contributed by atoms with Crippen LogP contribution in [0, 0.1) is 0 Å². The first-order chi connectivity index (χ1) is 9.67. The lowest BCUT2D eigenvalue weighted by Crippen LogP contribution is -2.25. The van der Waals surface area contributed by atoms with Crippen LogP contribution in [-0.4, -0.2) is 44.6 Å². The minimum Gasteiger partial charge on any atom is -0.357 e. The van der Waals surface area contributed by atoms with Gasteiger partial charge in [-0.25, -0.2) is 4.98 Å². The fourth-order valence-electron chi connectivity index (χ4n) is 1.68. The topological polar surface area (TPSA) is 71.8 Å². The van der Waals surface area contributed by atoms with Crippen LogP contribution in [0.15, 0.2) is 22.7 Å². The van der Waals surface area contributed by atoms with Crippen molar-refractivity contribution in [2.24, 2.45) is 7.05 Å². The fourth-order valence-corrected chi connectivity index (χ4v) is 2.42. The maximum Gasteiger partial charge on any atom is 0.231 e. The lowest BCUT2D eigenvalue weighted by molar-refractivity contribution is 0.769. The molecule has 0 aliphatic carbocycles. The van der Waals surface area contributed by atoms with E-state index in [1.165, 1.54) is 11.8 Å². The number of hydrogen-bond donors (Lipinski definition) is 1. The van der Waals surface area contributed by atoms with Gasteiger partial charge >= 0.3 is 0 Å². The molecule has 0 spiro atoms. The molecule has 0 saturated carbocycles. The molecule has 7 nitrogen and oxygen atoms in total. The molecule has 2 heterocycles. The van der Waals surface area contributed by atoms with Crippen molar-refractivity contribution in [3.8, 4) is 0 Å². The molecular formula is C12H19N7S. The second-order valence-corrected chi connectivity index (χ2v) is 5.02. The maximum absolute atomic E-state index is 4.51. The average molecular weight is 293 g/mol. The first-order valence-electron chi connectivity index (χ1n) is 6.51. The van der Waals surface area contributed by atoms with Gasteiger partial charge in [0, 0.05) is 39.6 Å². The zero-order chi connectivity index (χ0) is 14.5. The van der Waals surface area contributed by atoms with Crippen LogP contribution in [0.1, 0.15) is 13.8 Å². The number of nitrogens with one attached hydrogen (secondary N) is 1. The van der Waals surface area contributed by atoms with Gasteiger partial charge in [-0.2, -0.15) is 15.0 Å². The van der Waals surface area contributed by atoms with Crippen molar-refractivity contribution >= 4 is 23.7 Å². The lowest BCUT2D eigenvalue weighted by Gasteiger charge is -2.19. The molecule has 20 heavy (non-hydrogen) atoms. The molecule has 0 bridgehead atoms. The van der Waals surface area contributed by atoms with E-state index in [1.54, 1.807) is 13.2 Å². The minimum absolute atomic E-state index is 0.568. The Morgan fingerprint density at radius 1 is 1.25 bits per heavy atom. The van der Waals surface area contributed by atoms with E-state index in [-0.39, 0.29) is 0 Å². The Labute approximate surface area is 122 Å². The van der Waals surface area contributed by atoms with E-state index in [2.05, 4.69) is 44.0 Å². The monoisotopic (exact) mass is 293 g/mol. The molecule has 2 aromatic heterocycles. The largest absolute Gasteiger partial charge is 0.357 e. The van der Waals surface area contributed by atoms with Crippen LogP contribution in [0.25, 0.3) is 0 Å². The van der Waals surface area contributed by atoms with E-state index in [0.29, 0.717) is 17.1 Å². The van der Waals surface area contributed by atoms with Crippen LogP contribution in [0.3, 0.4) is 0 Å². The van der Waals surface area contributed by atoms with Crippen LogP contribution < -0.4 is 10.2 Å². The summed E-state index contributed by atoms with van der Waals surface area (Å²) in [6.07, 6.45) is 3.65. The van der Waals surface area contributed by atoms with Crippen molar-refractivity contribution in [2.45, 2.75) is 24.2 Å². The molecule has 2 rings (SSSR count). The summed E-state index contributed by atoms with van der Waals surface area (Å²) >= 11 is 1.43. The van der Waals surface area contributed by atoms with Gasteiger partial charge in [0.05, 0.1) is 0 Å². The Hall–Kier alpha value is -1.83. The summed E-state index contributed by atoms with van der Waals surface area (Å²) in [4.78, 5) is 19.6. The van der Waals surface area contributed by atoms with Gasteiger partial charge in [0.15, 0.2) is 5.16 Å². The molecule has 0 aliphatic rings. The van der Waals surface area contributed by atoms with Crippen molar-refractivity contribution in [3.05, 3.63) is 12.4 Å². The Morgan fingerprint density at radius 3 is 2.55 bits per heavy atom. The Balaban J connectivity index is 2.32. The van der Waals surface area contributed by atoms with E-state index in [0.717, 1.165) is 18.2 Å². The van der Waals surface area contributed by atoms with Crippen LogP contribution in [0.4, 0.5) is 11.9 Å². The molecule has 0 amide bonds. The zero-order valence-electron chi connectivity index (χ0n) is 12.2. The predicted molar refractivity (Wildman–Crippen MR) is 80.3 cm³/mol. The fraction of sp³-hybridized carbons (Fsp3) is 0.500. The molecule has 2 aromatic rings. The summed E-state index contributed by atoms with van der Waals surface area (Å²) in [6, 6.07) is 0. The second-order valence-electron chi connectivity index (χ2n) is 4.09. The average Bonchev–Trinajstić information content (AvgIpc) is 2.85. The molecule has 8 heteroatoms. The third-order valence-corrected chi connectivity index (χ3v) is 3.77. The zero-order valence-corrected chi connectivity index (χ0v) is 13.0. The van der Waals surface area contributed by atoms with E-state index >= 15 is 0 Å². The standard InChI is InChI=1S/C12H19N7S/c1-5-19(6-2)10-15-9(13-3)16-11(17-10)20-12-14-7-8-18(12)4/h7-8H,5-6H2,1-4H3,(H,13,15,16,17). The van der Waals surface area contributed by atoms with Crippen LogP contribution in [-0.2, 0) is 7.05 Å². The van der Waals surface area contributed by atoms with Gasteiger partial charge in [0.25, 0.3) is 0 Å². The summed E-state index contributed by atoms with van der Waals surface area (Å²) in [5, 5.41) is 4.47. The third-order valence-electron chi connectivity index (χ3n) is 2.83. The first-order valence-corrected chi connectivity index (χ1v) is 7.33. The molecule has 0 aromatic carbocycles. The van der Waals surface area contributed by atoms with Gasteiger partial charge in [-0.05, 0) is 25.6 Å². The highest BCUT2D eigenvalue weighted by molar-refractivity contribution is 7.99. The number of aromatic nitrogens is 5. The summed E-state index contributed by atoms with van der Waals surface area (Å²) in [7, 11) is 3.75. The molecule has 0 radical (unpaired) electrons. The quantitative estimate of drug-likeness (QED) is 0.868. The second kappa shape index (κ2) is 6.56. The SMILES string of the molecule is CCN(CC)c1nc(NC)nc(Sc2nccn2C)n1. The number of rotatable bonds is 6. The normalized spacial score (nSPS) is 10.6. The predicted octanol–water partition coefficient (Wildman–Crippen LogP) is 1.64. The van der Waals surface area contributed by atoms with Gasteiger partial charge in [-0.1, -0.05) is 0 Å². The molecule has 0 saturated heterocycles. The molecule has 108 valence electrons. The number of nitrogens with zero attached hydrogens (tertiary/aromatic N) is 6. The smallest absolute Gasteiger partial charge is 0.231 e. The van der Waals surface area contributed by atoms with Crippen molar-refractivity contribution in [3.63, 3.8) is 0 Å². The summed E-state index contributed by atoms with van der Waals surface area (Å²) in [5.74, 6) is 1.25. The highest BCUT2D eigenvalue weighted by atomic mass is 32.2. The van der Waals surface area contributed by atoms with Gasteiger partial charge < -0.3 is 14.8 Å². The van der Waals surface area contributed by atoms with Gasteiger partial charge in [0.2, 0.25) is 17.1 Å². The number of anilines is 2. The maximum atomic E-state index is 4.51. The highest BCUT2D eigenvalue weighted by Crippen LogP contribution is 2.24. The molecule has 0 fully saturated rings. The molecule has 0 atom stereocenters. The molecular weight excluding hydrogens is 274 g/mol. The van der Waals surface area contributed by atoms with Crippen LogP contribution >= 0.6 is 11.8 Å². The Bertz CT molecular complexity index is 565. The molecule has 0 aliphatic heterocycles. The van der Waals surface area contributed by atoms with Crippen molar-refractivity contribution in [1.29, 1.82) is 0 Å². The summed E-state index contributed by atoms with van der Waals surface area (Å²) < 4.78 is 1.94. The number of hydrogen-bond acceptors (Lipinski definition) is 7. The lowest BCUT2D eigenvalue weighted by atomic mass is 10.5. The number of imidazole rings is 1. The van der Waals surface area contributed by atoms with Crippen molar-refractivity contribution < 1.29 is 0 Å². The minimum atomic E-state index is 0.568. The summed E-state index contributed by atoms with van der Waals surface area (Å²) in [6.45, 7) is 5.88. The van der Waals surface area contributed by atoms with Crippen LogP contribution in [0.2, 0.25) is 0 Å². The highest BCUT2D eigenvalue weighted by Gasteiger charge is 2.13. The van der Waals surface area contributed by atoms with E-state index < -0.39 is 0 Å². The first kappa shape index (κ1) is 14.6. The Kier molecular flexibility index (Phi) is 4.78. The van der Waals surface area contributed by atoms with E-state index in [9.17, 15) is 0 Å². The van der Waals surface area contributed by atoms with Crippen LogP contribution in [0.5, 0.6) is 0 Å². The van der Waals surface area contributed by atoms with Crippen molar-refractivity contribution in [1.82, 2.24) is 24.5 Å². The number of aryl methyl sites for hydroxylation is 1. The van der Waals surface area contributed by atoms with E-state index in [1.807, 2.05) is 17.8 Å². The molecule has 0 unspecified atom stereocenters. The van der Waals surface area contributed by atoms with Gasteiger partial charge in [-0.15, -0.1) is 0 Å². The van der Waals surface area contributed by atoms with Gasteiger partial charge in [0.1, 0.15) is 0 Å². The summed E-state index contributed by atoms with van der Waals surface area (Å²) in [5.41, 5.74) is 0. The van der Waals surface area contributed by atoms with E-state index in [4.69, 9.17) is 0 Å². The van der Waals surface area contributed by atoms with Crippen molar-refractivity contribution in [2.75, 3.05) is 30.4 Å². The Morgan fingerprint density at radius 2 is 2.00 bits per heavy atom. The molecule has 1 N–H and O–H groups in total. The van der Waals surface area contributed by atoms with Gasteiger partial charge in [-0.3, -0.25) is 0 Å². The third kappa shape index (κ3) is 3.19.